The molecular formula is C31H40N4O3. The highest BCUT2D eigenvalue weighted by atomic mass is 16.5. The second-order valence-electron chi connectivity index (χ2n) is 10.2. The van der Waals surface area contributed by atoms with E-state index in [1.54, 1.807) is 7.11 Å². The number of methoxy groups -OCH3 is 1. The van der Waals surface area contributed by atoms with Crippen LogP contribution < -0.4 is 15.0 Å². The number of aliphatic imine (C=N–C) groups is 1. The average Bonchev–Trinajstić information content (AvgIpc) is 3.36. The van der Waals surface area contributed by atoms with E-state index >= 15 is 0 Å². The van der Waals surface area contributed by atoms with Gasteiger partial charge in [0, 0.05) is 43.2 Å². The molecule has 7 heteroatoms. The van der Waals surface area contributed by atoms with Crippen LogP contribution in [0.25, 0.3) is 0 Å². The van der Waals surface area contributed by atoms with Crippen LogP contribution >= 0.6 is 0 Å². The molecule has 1 aliphatic rings. The Balaban J connectivity index is 1.64. The molecule has 0 saturated carbocycles. The number of ether oxygens (including phenoxy) is 1. The van der Waals surface area contributed by atoms with Gasteiger partial charge in [-0.2, -0.15) is 0 Å². The van der Waals surface area contributed by atoms with Gasteiger partial charge in [0.25, 0.3) is 0 Å². The third-order valence-corrected chi connectivity index (χ3v) is 7.24. The van der Waals surface area contributed by atoms with Crippen molar-refractivity contribution in [3.63, 3.8) is 0 Å². The first-order valence-electron chi connectivity index (χ1n) is 13.3. The van der Waals surface area contributed by atoms with Gasteiger partial charge in [-0.3, -0.25) is 4.99 Å². The molecule has 38 heavy (non-hydrogen) atoms. The molecule has 2 atom stereocenters. The Morgan fingerprint density at radius 3 is 2.37 bits per heavy atom. The van der Waals surface area contributed by atoms with Gasteiger partial charge in [0.15, 0.2) is 6.17 Å². The minimum Gasteiger partial charge on any atom is -0.508 e. The van der Waals surface area contributed by atoms with E-state index in [4.69, 9.17) is 9.73 Å². The van der Waals surface area contributed by atoms with Crippen LogP contribution in [0.2, 0.25) is 0 Å². The topological polar surface area (TPSA) is 80.6 Å². The fourth-order valence-electron chi connectivity index (χ4n) is 4.77. The highest BCUT2D eigenvalue weighted by Crippen LogP contribution is 2.45. The van der Waals surface area contributed by atoms with Crippen molar-refractivity contribution in [1.29, 1.82) is 0 Å². The summed E-state index contributed by atoms with van der Waals surface area (Å²) in [6, 6.07) is 19.7. The molecule has 0 amide bonds. The number of phenolic OH excluding ortho intramolecular Hbond substituents is 2. The standard InChI is InChI=1S/C31H40N4O3/c1-6-34(4)16-15-32-19-22-7-11-24(12-8-22)35-28(23-9-13-25(38-5)14-10-23)20-33-31(35)27-17-26(21(2)3)29(36)18-30(27)37/h7-14,17-18,20-21,28,31-32,36-37H,6,15-16,19H2,1-5H3. The van der Waals surface area contributed by atoms with Crippen LogP contribution in [0.5, 0.6) is 17.2 Å². The van der Waals surface area contributed by atoms with Gasteiger partial charge in [-0.1, -0.05) is 45.0 Å². The average molecular weight is 517 g/mol. The van der Waals surface area contributed by atoms with E-state index in [0.29, 0.717) is 5.56 Å². The number of likely N-dealkylation sites (N-methyl/N-ethyl adjacent to an activating group) is 1. The zero-order valence-corrected chi connectivity index (χ0v) is 23.1. The van der Waals surface area contributed by atoms with Crippen LogP contribution in [0.15, 0.2) is 65.7 Å². The highest BCUT2D eigenvalue weighted by Gasteiger charge is 2.34. The summed E-state index contributed by atoms with van der Waals surface area (Å²) in [4.78, 5) is 9.37. The van der Waals surface area contributed by atoms with E-state index < -0.39 is 6.17 Å². The quantitative estimate of drug-likeness (QED) is 0.288. The van der Waals surface area contributed by atoms with Gasteiger partial charge in [-0.25, -0.2) is 0 Å². The largest absolute Gasteiger partial charge is 0.508 e. The van der Waals surface area contributed by atoms with Crippen LogP contribution in [0.1, 0.15) is 61.2 Å². The van der Waals surface area contributed by atoms with E-state index in [2.05, 4.69) is 53.4 Å². The first-order chi connectivity index (χ1) is 18.3. The Kier molecular flexibility index (Phi) is 8.92. The number of hydrogen-bond acceptors (Lipinski definition) is 7. The molecule has 3 aromatic rings. The molecule has 0 spiro atoms. The molecule has 1 heterocycles. The SMILES string of the molecule is CCN(C)CCNCc1ccc(N2C(c3ccc(OC)cc3)C=NC2c2cc(C(C)C)c(O)cc2O)cc1. The Labute approximate surface area is 226 Å². The fraction of sp³-hybridized carbons (Fsp3) is 0.387. The Morgan fingerprint density at radius 1 is 1.03 bits per heavy atom. The molecule has 1 aliphatic heterocycles. The van der Waals surface area contributed by atoms with Crippen molar-refractivity contribution in [2.24, 2.45) is 4.99 Å². The lowest BCUT2D eigenvalue weighted by Crippen LogP contribution is -2.29. The number of rotatable bonds is 11. The maximum absolute atomic E-state index is 10.9. The Bertz CT molecular complexity index is 1230. The van der Waals surface area contributed by atoms with Crippen LogP contribution in [-0.2, 0) is 6.54 Å². The van der Waals surface area contributed by atoms with E-state index in [-0.39, 0.29) is 23.5 Å². The molecule has 0 aliphatic carbocycles. The van der Waals surface area contributed by atoms with Gasteiger partial charge in [-0.05, 0) is 66.5 Å². The van der Waals surface area contributed by atoms with Crippen LogP contribution in [-0.4, -0.2) is 55.1 Å². The van der Waals surface area contributed by atoms with Gasteiger partial charge in [0.1, 0.15) is 17.2 Å². The molecule has 7 nitrogen and oxygen atoms in total. The van der Waals surface area contributed by atoms with Crippen molar-refractivity contribution in [2.75, 3.05) is 38.7 Å². The van der Waals surface area contributed by atoms with Crippen LogP contribution in [0, 0.1) is 0 Å². The highest BCUT2D eigenvalue weighted by molar-refractivity contribution is 5.78. The zero-order chi connectivity index (χ0) is 27.2. The molecule has 0 radical (unpaired) electrons. The molecule has 0 saturated heterocycles. The lowest BCUT2D eigenvalue weighted by Gasteiger charge is -2.32. The number of phenols is 2. The van der Waals surface area contributed by atoms with Crippen LogP contribution in [0.4, 0.5) is 5.69 Å². The third-order valence-electron chi connectivity index (χ3n) is 7.24. The van der Waals surface area contributed by atoms with Crippen molar-refractivity contribution < 1.29 is 14.9 Å². The molecule has 3 N–H and O–H groups in total. The lowest BCUT2D eigenvalue weighted by atomic mass is 9.97. The van der Waals surface area contributed by atoms with E-state index in [9.17, 15) is 10.2 Å². The monoisotopic (exact) mass is 516 g/mol. The maximum Gasteiger partial charge on any atom is 0.151 e. The molecule has 202 valence electrons. The summed E-state index contributed by atoms with van der Waals surface area (Å²) in [5.74, 6) is 1.04. The van der Waals surface area contributed by atoms with E-state index in [0.717, 1.165) is 48.7 Å². The predicted molar refractivity (Wildman–Crippen MR) is 155 cm³/mol. The lowest BCUT2D eigenvalue weighted by molar-refractivity contribution is 0.349. The van der Waals surface area contributed by atoms with Crippen molar-refractivity contribution >= 4 is 11.9 Å². The normalized spacial score (nSPS) is 17.1. The van der Waals surface area contributed by atoms with Crippen molar-refractivity contribution in [3.8, 4) is 17.2 Å². The minimum atomic E-state index is -0.436. The summed E-state index contributed by atoms with van der Waals surface area (Å²) in [7, 11) is 3.78. The summed E-state index contributed by atoms with van der Waals surface area (Å²) in [5, 5.41) is 24.8. The summed E-state index contributed by atoms with van der Waals surface area (Å²) in [5.41, 5.74) is 4.74. The van der Waals surface area contributed by atoms with Gasteiger partial charge >= 0.3 is 0 Å². The number of nitrogens with one attached hydrogen (secondary N) is 1. The van der Waals surface area contributed by atoms with E-state index in [1.165, 1.54) is 11.6 Å². The van der Waals surface area contributed by atoms with Crippen LogP contribution in [0.3, 0.4) is 0 Å². The molecule has 0 fully saturated rings. The maximum atomic E-state index is 10.9. The Morgan fingerprint density at radius 2 is 1.74 bits per heavy atom. The number of hydrogen-bond donors (Lipinski definition) is 3. The third kappa shape index (κ3) is 6.11. The number of benzene rings is 3. The first-order valence-corrected chi connectivity index (χ1v) is 13.3. The van der Waals surface area contributed by atoms with Crippen molar-refractivity contribution in [2.45, 2.75) is 45.4 Å². The van der Waals surface area contributed by atoms with E-state index in [1.807, 2.05) is 50.4 Å². The van der Waals surface area contributed by atoms with Gasteiger partial charge in [-0.15, -0.1) is 0 Å². The molecule has 3 aromatic carbocycles. The molecule has 2 unspecified atom stereocenters. The molecule has 0 bridgehead atoms. The summed E-state index contributed by atoms with van der Waals surface area (Å²) in [6.45, 7) is 10.0. The number of anilines is 1. The summed E-state index contributed by atoms with van der Waals surface area (Å²) in [6.07, 6.45) is 1.50. The van der Waals surface area contributed by atoms with Crippen molar-refractivity contribution in [1.82, 2.24) is 10.2 Å². The second-order valence-corrected chi connectivity index (χ2v) is 10.2. The van der Waals surface area contributed by atoms with Gasteiger partial charge in [0.2, 0.25) is 0 Å². The van der Waals surface area contributed by atoms with Gasteiger partial charge < -0.3 is 30.1 Å². The second kappa shape index (κ2) is 12.3. The Hall–Kier alpha value is -3.55. The minimum absolute atomic E-state index is 0.0345. The molecular weight excluding hydrogens is 476 g/mol. The van der Waals surface area contributed by atoms with Crippen molar-refractivity contribution in [3.05, 3.63) is 82.9 Å². The number of nitrogens with zero attached hydrogens (tertiary/aromatic N) is 3. The predicted octanol–water partition coefficient (Wildman–Crippen LogP) is 5.60. The van der Waals surface area contributed by atoms with Gasteiger partial charge in [0.05, 0.1) is 13.2 Å². The molecule has 0 aromatic heterocycles. The first kappa shape index (κ1) is 27.5. The summed E-state index contributed by atoms with van der Waals surface area (Å²) >= 11 is 0. The fourth-order valence-corrected chi connectivity index (χ4v) is 4.77. The smallest absolute Gasteiger partial charge is 0.151 e. The summed E-state index contributed by atoms with van der Waals surface area (Å²) < 4.78 is 5.36. The molecule has 4 rings (SSSR count). The zero-order valence-electron chi connectivity index (χ0n) is 23.1. The number of aromatic hydroxyl groups is 2.